The lowest BCUT2D eigenvalue weighted by Gasteiger charge is -2.59. The molecule has 4 rings (SSSR count). The quantitative estimate of drug-likeness (QED) is 0.738. The molecule has 2 unspecified atom stereocenters. The first-order valence-corrected chi connectivity index (χ1v) is 8.94. The van der Waals surface area contributed by atoms with Crippen LogP contribution in [0.2, 0.25) is 0 Å². The maximum atomic E-state index is 12.1. The molecule has 1 aliphatic heterocycles. The summed E-state index contributed by atoms with van der Waals surface area (Å²) in [5.41, 5.74) is 0.657. The molecule has 21 heavy (non-hydrogen) atoms. The van der Waals surface area contributed by atoms with Crippen LogP contribution >= 0.6 is 0 Å². The van der Waals surface area contributed by atoms with Gasteiger partial charge in [0.1, 0.15) is 0 Å². The van der Waals surface area contributed by atoms with Crippen LogP contribution in [-0.4, -0.2) is 17.9 Å². The fourth-order valence-corrected chi connectivity index (χ4v) is 6.65. The number of carbonyl (C=O) groups is 1. The van der Waals surface area contributed by atoms with E-state index in [1.165, 1.54) is 38.6 Å². The van der Waals surface area contributed by atoms with E-state index in [4.69, 9.17) is 0 Å². The zero-order chi connectivity index (χ0) is 14.8. The third-order valence-electron chi connectivity index (χ3n) is 7.88. The molecule has 0 aromatic rings. The summed E-state index contributed by atoms with van der Waals surface area (Å²) in [6, 6.07) is 0. The Bertz CT molecular complexity index is 498. The number of rotatable bonds is 0. The number of ketones is 1. The van der Waals surface area contributed by atoms with Gasteiger partial charge in [-0.1, -0.05) is 19.9 Å². The van der Waals surface area contributed by atoms with Crippen molar-refractivity contribution in [2.45, 2.75) is 58.4 Å². The summed E-state index contributed by atoms with van der Waals surface area (Å²) in [5.74, 6) is 3.69. The fraction of sp³-hybridized carbons (Fsp3) is 0.842. The minimum atomic E-state index is 0.232. The molecule has 0 amide bonds. The molecule has 2 nitrogen and oxygen atoms in total. The van der Waals surface area contributed by atoms with E-state index in [1.807, 2.05) is 6.08 Å². The summed E-state index contributed by atoms with van der Waals surface area (Å²) in [6.07, 6.45) is 10.8. The van der Waals surface area contributed by atoms with E-state index in [2.05, 4.69) is 32.2 Å². The van der Waals surface area contributed by atoms with E-state index >= 15 is 0 Å². The number of nitrogens with one attached hydrogen (secondary N) is 1. The van der Waals surface area contributed by atoms with E-state index in [0.717, 1.165) is 17.8 Å². The molecular weight excluding hydrogens is 258 g/mol. The van der Waals surface area contributed by atoms with E-state index in [9.17, 15) is 4.79 Å². The standard InChI is InChI=1S/C19H29NO/c1-12-14-5-4-13-15(18(14,2)9-7-17(12)21)6-10-19(3)16(13)8-11-20-19/h7,9,12-16,20H,4-6,8,10-11H2,1-3H3/t12?,13-,14?,15-,16+,18+,19+/m1/s1. The van der Waals surface area contributed by atoms with Gasteiger partial charge in [0, 0.05) is 11.5 Å². The number of hydrogen-bond donors (Lipinski definition) is 1. The molecule has 0 spiro atoms. The van der Waals surface area contributed by atoms with Gasteiger partial charge in [-0.15, -0.1) is 0 Å². The van der Waals surface area contributed by atoms with Crippen molar-refractivity contribution in [1.29, 1.82) is 0 Å². The normalized spacial score (nSPS) is 55.8. The first kappa shape index (κ1) is 14.0. The van der Waals surface area contributed by atoms with Crippen molar-refractivity contribution in [2.75, 3.05) is 6.54 Å². The molecule has 1 N–H and O–H groups in total. The zero-order valence-corrected chi connectivity index (χ0v) is 13.7. The molecule has 2 saturated carbocycles. The molecule has 4 aliphatic rings. The van der Waals surface area contributed by atoms with Crippen LogP contribution in [0, 0.1) is 35.0 Å². The Morgan fingerprint density at radius 1 is 1.10 bits per heavy atom. The van der Waals surface area contributed by atoms with Crippen molar-refractivity contribution in [1.82, 2.24) is 5.32 Å². The van der Waals surface area contributed by atoms with Crippen molar-refractivity contribution in [3.63, 3.8) is 0 Å². The maximum absolute atomic E-state index is 12.1. The van der Waals surface area contributed by atoms with Gasteiger partial charge >= 0.3 is 0 Å². The first-order chi connectivity index (χ1) is 9.96. The second kappa shape index (κ2) is 4.44. The van der Waals surface area contributed by atoms with Gasteiger partial charge in [-0.25, -0.2) is 0 Å². The molecule has 0 radical (unpaired) electrons. The monoisotopic (exact) mass is 287 g/mol. The van der Waals surface area contributed by atoms with E-state index < -0.39 is 0 Å². The fourth-order valence-electron chi connectivity index (χ4n) is 6.65. The summed E-state index contributed by atoms with van der Waals surface area (Å²) >= 11 is 0. The van der Waals surface area contributed by atoms with Crippen LogP contribution in [0.3, 0.4) is 0 Å². The highest BCUT2D eigenvalue weighted by atomic mass is 16.1. The zero-order valence-electron chi connectivity index (χ0n) is 13.7. The smallest absolute Gasteiger partial charge is 0.158 e. The second-order valence-electron chi connectivity index (χ2n) is 8.62. The minimum Gasteiger partial charge on any atom is -0.311 e. The Kier molecular flexibility index (Phi) is 2.96. The van der Waals surface area contributed by atoms with Gasteiger partial charge in [0.05, 0.1) is 0 Å². The Labute approximate surface area is 128 Å². The predicted octanol–water partition coefficient (Wildman–Crippen LogP) is 3.57. The Morgan fingerprint density at radius 3 is 2.71 bits per heavy atom. The van der Waals surface area contributed by atoms with Crippen molar-refractivity contribution < 1.29 is 4.79 Å². The van der Waals surface area contributed by atoms with Crippen molar-refractivity contribution in [3.05, 3.63) is 12.2 Å². The molecule has 1 saturated heterocycles. The van der Waals surface area contributed by atoms with Crippen LogP contribution in [0.4, 0.5) is 0 Å². The highest BCUT2D eigenvalue weighted by Crippen LogP contribution is 2.61. The summed E-state index contributed by atoms with van der Waals surface area (Å²) in [4.78, 5) is 12.1. The molecule has 2 heteroatoms. The summed E-state index contributed by atoms with van der Waals surface area (Å²) in [5, 5.41) is 3.80. The van der Waals surface area contributed by atoms with Crippen LogP contribution in [0.1, 0.15) is 52.9 Å². The Morgan fingerprint density at radius 2 is 1.90 bits per heavy atom. The van der Waals surface area contributed by atoms with Gasteiger partial charge in [0.2, 0.25) is 0 Å². The van der Waals surface area contributed by atoms with Crippen molar-refractivity contribution >= 4 is 5.78 Å². The van der Waals surface area contributed by atoms with Crippen LogP contribution in [-0.2, 0) is 4.79 Å². The Hall–Kier alpha value is -0.630. The lowest BCUT2D eigenvalue weighted by molar-refractivity contribution is -0.127. The van der Waals surface area contributed by atoms with Crippen LogP contribution in [0.5, 0.6) is 0 Å². The van der Waals surface area contributed by atoms with Gasteiger partial charge in [-0.05, 0) is 80.7 Å². The van der Waals surface area contributed by atoms with E-state index in [0.29, 0.717) is 17.2 Å². The van der Waals surface area contributed by atoms with Crippen molar-refractivity contribution in [2.24, 2.45) is 35.0 Å². The summed E-state index contributed by atoms with van der Waals surface area (Å²) < 4.78 is 0. The van der Waals surface area contributed by atoms with Gasteiger partial charge in [0.25, 0.3) is 0 Å². The molecular formula is C19H29NO. The SMILES string of the molecule is CC1C(=O)C=C[C@@]2(C)C1CC[C@@H]1[C@H]2CC[C@]2(C)NCC[C@@H]12. The average molecular weight is 287 g/mol. The topological polar surface area (TPSA) is 29.1 Å². The lowest BCUT2D eigenvalue weighted by atomic mass is 9.46. The highest BCUT2D eigenvalue weighted by molar-refractivity contribution is 5.92. The lowest BCUT2D eigenvalue weighted by Crippen LogP contribution is -2.57. The number of carbonyl (C=O) groups excluding carboxylic acids is 1. The third kappa shape index (κ3) is 1.78. The van der Waals surface area contributed by atoms with Crippen LogP contribution < -0.4 is 5.32 Å². The molecule has 7 atom stereocenters. The number of allylic oxidation sites excluding steroid dienone is 2. The summed E-state index contributed by atoms with van der Waals surface area (Å²) in [7, 11) is 0. The molecule has 0 bridgehead atoms. The largest absolute Gasteiger partial charge is 0.311 e. The minimum absolute atomic E-state index is 0.232. The van der Waals surface area contributed by atoms with Gasteiger partial charge in [0.15, 0.2) is 5.78 Å². The first-order valence-electron chi connectivity index (χ1n) is 8.94. The van der Waals surface area contributed by atoms with Gasteiger partial charge < -0.3 is 5.32 Å². The van der Waals surface area contributed by atoms with Crippen LogP contribution in [0.15, 0.2) is 12.2 Å². The molecule has 3 fully saturated rings. The predicted molar refractivity (Wildman–Crippen MR) is 84.9 cm³/mol. The molecule has 1 heterocycles. The van der Waals surface area contributed by atoms with Crippen LogP contribution in [0.25, 0.3) is 0 Å². The van der Waals surface area contributed by atoms with Crippen molar-refractivity contribution in [3.8, 4) is 0 Å². The van der Waals surface area contributed by atoms with E-state index in [1.54, 1.807) is 0 Å². The van der Waals surface area contributed by atoms with E-state index in [-0.39, 0.29) is 11.3 Å². The third-order valence-corrected chi connectivity index (χ3v) is 7.88. The Balaban J connectivity index is 1.70. The number of hydrogen-bond acceptors (Lipinski definition) is 2. The summed E-state index contributed by atoms with van der Waals surface area (Å²) in [6.45, 7) is 8.28. The molecule has 116 valence electrons. The maximum Gasteiger partial charge on any atom is 0.158 e. The van der Waals surface area contributed by atoms with Gasteiger partial charge in [-0.2, -0.15) is 0 Å². The molecule has 0 aromatic heterocycles. The molecule has 0 aromatic carbocycles. The molecule has 3 aliphatic carbocycles. The highest BCUT2D eigenvalue weighted by Gasteiger charge is 2.58. The average Bonchev–Trinajstić information content (AvgIpc) is 2.85. The number of fused-ring (bicyclic) bond motifs is 5. The second-order valence-corrected chi connectivity index (χ2v) is 8.62. The van der Waals surface area contributed by atoms with Gasteiger partial charge in [-0.3, -0.25) is 4.79 Å².